The van der Waals surface area contributed by atoms with Gasteiger partial charge in [0, 0.05) is 0 Å². The maximum atomic E-state index is 10.7. The van der Waals surface area contributed by atoms with E-state index in [0.717, 1.165) is 16.7 Å². The van der Waals surface area contributed by atoms with Crippen molar-refractivity contribution >= 4 is 5.97 Å². The van der Waals surface area contributed by atoms with Crippen molar-refractivity contribution in [2.24, 2.45) is 5.92 Å². The van der Waals surface area contributed by atoms with Gasteiger partial charge in [-0.05, 0) is 22.6 Å². The number of hydrogen-bond donors (Lipinski definition) is 2. The van der Waals surface area contributed by atoms with Crippen LogP contribution in [0.1, 0.15) is 25.0 Å². The minimum atomic E-state index is -0.891. The molecule has 2 atom stereocenters. The fraction of sp³-hybridized carbons (Fsp3) is 0.235. The highest BCUT2D eigenvalue weighted by atomic mass is 16.4. The van der Waals surface area contributed by atoms with Gasteiger partial charge in [-0.25, -0.2) is 0 Å². The van der Waals surface area contributed by atoms with Gasteiger partial charge in [-0.1, -0.05) is 61.5 Å². The first-order chi connectivity index (χ1) is 9.58. The summed E-state index contributed by atoms with van der Waals surface area (Å²) >= 11 is 0. The average Bonchev–Trinajstić information content (AvgIpc) is 2.47. The standard InChI is InChI=1S/C17H18O3/c1-12(11-16(18)19)17(20)15-9-7-14(8-10-15)13-5-3-2-4-6-13/h2-10,12,17,20H,11H2,1H3,(H,18,19). The Labute approximate surface area is 118 Å². The van der Waals surface area contributed by atoms with Crippen LogP contribution >= 0.6 is 0 Å². The van der Waals surface area contributed by atoms with Gasteiger partial charge in [-0.15, -0.1) is 0 Å². The van der Waals surface area contributed by atoms with Crippen LogP contribution in [0.4, 0.5) is 0 Å². The summed E-state index contributed by atoms with van der Waals surface area (Å²) in [4.78, 5) is 10.7. The zero-order chi connectivity index (χ0) is 14.5. The molecular weight excluding hydrogens is 252 g/mol. The maximum absolute atomic E-state index is 10.7. The molecule has 20 heavy (non-hydrogen) atoms. The van der Waals surface area contributed by atoms with Crippen molar-refractivity contribution in [2.45, 2.75) is 19.4 Å². The van der Waals surface area contributed by atoms with Gasteiger partial charge in [0.2, 0.25) is 0 Å². The fourth-order valence-electron chi connectivity index (χ4n) is 2.22. The second-order valence-corrected chi connectivity index (χ2v) is 5.01. The van der Waals surface area contributed by atoms with Gasteiger partial charge in [-0.2, -0.15) is 0 Å². The highest BCUT2D eigenvalue weighted by Crippen LogP contribution is 2.27. The van der Waals surface area contributed by atoms with Gasteiger partial charge in [0.15, 0.2) is 0 Å². The largest absolute Gasteiger partial charge is 0.481 e. The Bertz CT molecular complexity index is 561. The van der Waals surface area contributed by atoms with E-state index in [1.165, 1.54) is 0 Å². The van der Waals surface area contributed by atoms with Crippen molar-refractivity contribution < 1.29 is 15.0 Å². The maximum Gasteiger partial charge on any atom is 0.303 e. The van der Waals surface area contributed by atoms with Crippen LogP contribution in [0.3, 0.4) is 0 Å². The zero-order valence-corrected chi connectivity index (χ0v) is 11.4. The predicted molar refractivity (Wildman–Crippen MR) is 78.3 cm³/mol. The normalized spacial score (nSPS) is 13.7. The number of aliphatic carboxylic acids is 1. The molecule has 0 bridgehead atoms. The Morgan fingerprint density at radius 1 is 1.00 bits per heavy atom. The molecule has 0 radical (unpaired) electrons. The third kappa shape index (κ3) is 3.45. The van der Waals surface area contributed by atoms with Crippen molar-refractivity contribution in [1.82, 2.24) is 0 Å². The third-order valence-corrected chi connectivity index (χ3v) is 3.39. The van der Waals surface area contributed by atoms with E-state index in [2.05, 4.69) is 0 Å². The lowest BCUT2D eigenvalue weighted by molar-refractivity contribution is -0.139. The smallest absolute Gasteiger partial charge is 0.303 e. The summed E-state index contributed by atoms with van der Waals surface area (Å²) in [5.41, 5.74) is 2.94. The van der Waals surface area contributed by atoms with Crippen LogP contribution in [-0.2, 0) is 4.79 Å². The summed E-state index contributed by atoms with van der Waals surface area (Å²) < 4.78 is 0. The molecule has 0 aliphatic rings. The summed E-state index contributed by atoms with van der Waals surface area (Å²) in [5, 5.41) is 18.9. The molecular formula is C17H18O3. The van der Waals surface area contributed by atoms with Gasteiger partial charge in [0.1, 0.15) is 0 Å². The van der Waals surface area contributed by atoms with E-state index in [1.807, 2.05) is 54.6 Å². The Morgan fingerprint density at radius 2 is 1.55 bits per heavy atom. The van der Waals surface area contributed by atoms with E-state index in [1.54, 1.807) is 6.92 Å². The minimum Gasteiger partial charge on any atom is -0.481 e. The molecule has 0 saturated heterocycles. The van der Waals surface area contributed by atoms with E-state index < -0.39 is 12.1 Å². The van der Waals surface area contributed by atoms with Crippen LogP contribution < -0.4 is 0 Å². The lowest BCUT2D eigenvalue weighted by atomic mass is 9.93. The van der Waals surface area contributed by atoms with Crippen molar-refractivity contribution in [3.8, 4) is 11.1 Å². The quantitative estimate of drug-likeness (QED) is 0.874. The Kier molecular flexibility index (Phi) is 4.53. The molecule has 0 spiro atoms. The van der Waals surface area contributed by atoms with E-state index in [0.29, 0.717) is 0 Å². The van der Waals surface area contributed by atoms with Crippen LogP contribution in [0.5, 0.6) is 0 Å². The first-order valence-electron chi connectivity index (χ1n) is 6.63. The second-order valence-electron chi connectivity index (χ2n) is 5.01. The number of carbonyl (C=O) groups is 1. The zero-order valence-electron chi connectivity index (χ0n) is 11.4. The number of aliphatic hydroxyl groups excluding tert-OH is 1. The number of carboxylic acid groups (broad SMARTS) is 1. The van der Waals surface area contributed by atoms with E-state index in [-0.39, 0.29) is 12.3 Å². The molecule has 2 aromatic carbocycles. The molecule has 2 rings (SSSR count). The van der Waals surface area contributed by atoms with Crippen LogP contribution in [0, 0.1) is 5.92 Å². The number of rotatable bonds is 5. The number of carboxylic acids is 1. The van der Waals surface area contributed by atoms with Crippen LogP contribution in [-0.4, -0.2) is 16.2 Å². The summed E-state index contributed by atoms with van der Waals surface area (Å²) in [6.07, 6.45) is -0.794. The molecule has 0 saturated carbocycles. The molecule has 104 valence electrons. The summed E-state index contributed by atoms with van der Waals surface area (Å²) in [6, 6.07) is 17.6. The molecule has 3 heteroatoms. The van der Waals surface area contributed by atoms with Crippen LogP contribution in [0.2, 0.25) is 0 Å². The predicted octanol–water partition coefficient (Wildman–Crippen LogP) is 3.50. The molecule has 0 fully saturated rings. The lowest BCUT2D eigenvalue weighted by Gasteiger charge is -2.17. The summed E-state index contributed by atoms with van der Waals surface area (Å²) in [5.74, 6) is -1.20. The minimum absolute atomic E-state index is 0.0401. The second kappa shape index (κ2) is 6.35. The average molecular weight is 270 g/mol. The van der Waals surface area contributed by atoms with Gasteiger partial charge in [0.05, 0.1) is 12.5 Å². The Morgan fingerprint density at radius 3 is 2.10 bits per heavy atom. The van der Waals surface area contributed by atoms with Gasteiger partial charge < -0.3 is 10.2 Å². The molecule has 0 aromatic heterocycles. The summed E-state index contributed by atoms with van der Waals surface area (Å²) in [7, 11) is 0. The van der Waals surface area contributed by atoms with Crippen molar-refractivity contribution in [2.75, 3.05) is 0 Å². The third-order valence-electron chi connectivity index (χ3n) is 3.39. The number of hydrogen-bond acceptors (Lipinski definition) is 2. The molecule has 2 N–H and O–H groups in total. The Hall–Kier alpha value is -2.13. The van der Waals surface area contributed by atoms with Crippen LogP contribution in [0.25, 0.3) is 11.1 Å². The molecule has 0 aliphatic heterocycles. The first kappa shape index (κ1) is 14.3. The molecule has 0 amide bonds. The van der Waals surface area contributed by atoms with Crippen molar-refractivity contribution in [3.63, 3.8) is 0 Å². The summed E-state index contributed by atoms with van der Waals surface area (Å²) in [6.45, 7) is 1.74. The molecule has 2 unspecified atom stereocenters. The molecule has 3 nitrogen and oxygen atoms in total. The number of aliphatic hydroxyl groups is 1. The fourth-order valence-corrected chi connectivity index (χ4v) is 2.22. The Balaban J connectivity index is 2.14. The highest BCUT2D eigenvalue weighted by Gasteiger charge is 2.19. The topological polar surface area (TPSA) is 57.5 Å². The first-order valence-corrected chi connectivity index (χ1v) is 6.63. The van der Waals surface area contributed by atoms with Gasteiger partial charge in [0.25, 0.3) is 0 Å². The molecule has 0 heterocycles. The van der Waals surface area contributed by atoms with Crippen molar-refractivity contribution in [1.29, 1.82) is 0 Å². The van der Waals surface area contributed by atoms with Gasteiger partial charge in [-0.3, -0.25) is 4.79 Å². The van der Waals surface area contributed by atoms with E-state index in [4.69, 9.17) is 5.11 Å². The molecule has 0 aliphatic carbocycles. The molecule has 2 aromatic rings. The SMILES string of the molecule is CC(CC(=O)O)C(O)c1ccc(-c2ccccc2)cc1. The van der Waals surface area contributed by atoms with Crippen molar-refractivity contribution in [3.05, 3.63) is 60.2 Å². The number of benzene rings is 2. The van der Waals surface area contributed by atoms with Crippen LogP contribution in [0.15, 0.2) is 54.6 Å². The lowest BCUT2D eigenvalue weighted by Crippen LogP contribution is -2.13. The van der Waals surface area contributed by atoms with Gasteiger partial charge >= 0.3 is 5.97 Å². The van der Waals surface area contributed by atoms with E-state index >= 15 is 0 Å². The monoisotopic (exact) mass is 270 g/mol. The van der Waals surface area contributed by atoms with E-state index in [9.17, 15) is 9.90 Å². The highest BCUT2D eigenvalue weighted by molar-refractivity contribution is 5.67.